The average molecular weight is 404 g/mol. The van der Waals surface area contributed by atoms with Gasteiger partial charge in [-0.3, -0.25) is 4.79 Å². The molecule has 30 heavy (non-hydrogen) atoms. The summed E-state index contributed by atoms with van der Waals surface area (Å²) in [5.74, 6) is 2.75. The van der Waals surface area contributed by atoms with Crippen LogP contribution >= 0.6 is 0 Å². The van der Waals surface area contributed by atoms with E-state index in [1.807, 2.05) is 18.3 Å². The Morgan fingerprint density at radius 2 is 1.70 bits per heavy atom. The maximum absolute atomic E-state index is 13.7. The second kappa shape index (κ2) is 8.79. The summed E-state index contributed by atoms with van der Waals surface area (Å²) in [5.41, 5.74) is 1.47. The van der Waals surface area contributed by atoms with E-state index >= 15 is 0 Å². The van der Waals surface area contributed by atoms with Crippen LogP contribution in [-0.4, -0.2) is 41.5 Å². The number of anilines is 1. The molecule has 3 heterocycles. The number of benzene rings is 1. The summed E-state index contributed by atoms with van der Waals surface area (Å²) in [6.07, 6.45) is 10.0. The van der Waals surface area contributed by atoms with Gasteiger partial charge in [0.05, 0.1) is 5.92 Å². The van der Waals surface area contributed by atoms with Crippen LogP contribution in [0.15, 0.2) is 54.7 Å². The largest absolute Gasteiger partial charge is 0.356 e. The van der Waals surface area contributed by atoms with Crippen molar-refractivity contribution in [1.29, 1.82) is 0 Å². The average Bonchev–Trinajstić information content (AvgIpc) is 2.84. The molecule has 0 spiro atoms. The molecule has 1 amide bonds. The number of likely N-dealkylation sites (tertiary alicyclic amines) is 1. The third-order valence-corrected chi connectivity index (χ3v) is 7.63. The Kier molecular flexibility index (Phi) is 5.74. The van der Waals surface area contributed by atoms with Gasteiger partial charge in [0.25, 0.3) is 0 Å². The van der Waals surface area contributed by atoms with Crippen molar-refractivity contribution in [3.63, 3.8) is 0 Å². The van der Waals surface area contributed by atoms with Gasteiger partial charge in [-0.2, -0.15) is 0 Å². The molecule has 1 aliphatic carbocycles. The number of aromatic nitrogens is 1. The third kappa shape index (κ3) is 3.84. The molecule has 1 aromatic carbocycles. The number of nitrogens with zero attached hydrogens (tertiary/aromatic N) is 3. The van der Waals surface area contributed by atoms with Crippen molar-refractivity contribution >= 4 is 11.7 Å². The van der Waals surface area contributed by atoms with Crippen molar-refractivity contribution in [3.8, 4) is 0 Å². The Morgan fingerprint density at radius 3 is 2.53 bits per heavy atom. The molecule has 4 nitrogen and oxygen atoms in total. The number of amides is 1. The highest BCUT2D eigenvalue weighted by molar-refractivity contribution is 5.80. The smallest absolute Gasteiger partial charge is 0.227 e. The molecule has 2 saturated heterocycles. The Balaban J connectivity index is 1.32. The van der Waals surface area contributed by atoms with Crippen LogP contribution < -0.4 is 4.90 Å². The Morgan fingerprint density at radius 1 is 0.867 bits per heavy atom. The molecule has 0 N–H and O–H groups in total. The van der Waals surface area contributed by atoms with Gasteiger partial charge in [0, 0.05) is 31.9 Å². The zero-order chi connectivity index (χ0) is 20.3. The van der Waals surface area contributed by atoms with Crippen molar-refractivity contribution in [2.75, 3.05) is 24.5 Å². The summed E-state index contributed by atoms with van der Waals surface area (Å²) < 4.78 is 0. The first-order chi connectivity index (χ1) is 14.8. The van der Waals surface area contributed by atoms with Gasteiger partial charge in [-0.15, -0.1) is 0 Å². The molecule has 1 unspecified atom stereocenters. The molecule has 4 atom stereocenters. The highest BCUT2D eigenvalue weighted by Crippen LogP contribution is 2.44. The quantitative estimate of drug-likeness (QED) is 0.733. The molecule has 5 rings (SSSR count). The minimum absolute atomic E-state index is 0.108. The summed E-state index contributed by atoms with van der Waals surface area (Å²) in [6.45, 7) is 2.73. The second-order valence-electron chi connectivity index (χ2n) is 9.33. The van der Waals surface area contributed by atoms with Crippen LogP contribution in [0.25, 0.3) is 0 Å². The van der Waals surface area contributed by atoms with Gasteiger partial charge in [0.2, 0.25) is 5.91 Å². The molecule has 1 saturated carbocycles. The number of piperidine rings is 2. The molecular formula is C26H33N3O. The molecular weight excluding hydrogens is 370 g/mol. The van der Waals surface area contributed by atoms with E-state index in [0.29, 0.717) is 23.8 Å². The zero-order valence-electron chi connectivity index (χ0n) is 17.8. The number of fused-ring (bicyclic) bond motifs is 1. The van der Waals surface area contributed by atoms with E-state index in [2.05, 4.69) is 51.2 Å². The van der Waals surface area contributed by atoms with Gasteiger partial charge < -0.3 is 9.80 Å². The van der Waals surface area contributed by atoms with Crippen LogP contribution in [-0.2, 0) is 4.79 Å². The van der Waals surface area contributed by atoms with Crippen LogP contribution in [0.1, 0.15) is 56.4 Å². The van der Waals surface area contributed by atoms with Gasteiger partial charge in [-0.05, 0) is 61.6 Å². The number of rotatable bonds is 3. The summed E-state index contributed by atoms with van der Waals surface area (Å²) in [6, 6.07) is 17.5. The van der Waals surface area contributed by atoms with Crippen molar-refractivity contribution < 1.29 is 4.79 Å². The summed E-state index contributed by atoms with van der Waals surface area (Å²) in [5, 5.41) is 0. The monoisotopic (exact) mass is 403 g/mol. The third-order valence-electron chi connectivity index (χ3n) is 7.63. The summed E-state index contributed by atoms with van der Waals surface area (Å²) >= 11 is 0. The van der Waals surface area contributed by atoms with Gasteiger partial charge >= 0.3 is 0 Å². The number of carbonyl (C=O) groups excluding carboxylic acids is 1. The summed E-state index contributed by atoms with van der Waals surface area (Å²) in [7, 11) is 0. The van der Waals surface area contributed by atoms with Crippen LogP contribution in [0.4, 0.5) is 5.82 Å². The highest BCUT2D eigenvalue weighted by Gasteiger charge is 2.43. The lowest BCUT2D eigenvalue weighted by Crippen LogP contribution is -2.55. The van der Waals surface area contributed by atoms with E-state index in [4.69, 9.17) is 0 Å². The number of carbonyl (C=O) groups is 1. The Hall–Kier alpha value is -2.36. The molecule has 3 aliphatic rings. The van der Waals surface area contributed by atoms with Crippen LogP contribution in [0.5, 0.6) is 0 Å². The van der Waals surface area contributed by atoms with Crippen LogP contribution in [0.3, 0.4) is 0 Å². The lowest BCUT2D eigenvalue weighted by Gasteiger charge is -2.49. The van der Waals surface area contributed by atoms with Crippen molar-refractivity contribution in [2.24, 2.45) is 11.8 Å². The minimum atomic E-state index is 0.108. The van der Waals surface area contributed by atoms with Gasteiger partial charge in [0.15, 0.2) is 0 Å². The van der Waals surface area contributed by atoms with E-state index in [1.165, 1.54) is 31.2 Å². The van der Waals surface area contributed by atoms with Crippen molar-refractivity contribution in [3.05, 3.63) is 60.3 Å². The molecule has 3 fully saturated rings. The fourth-order valence-corrected chi connectivity index (χ4v) is 6.20. The molecule has 2 aliphatic heterocycles. The normalized spacial score (nSPS) is 29.3. The molecule has 0 radical (unpaired) electrons. The van der Waals surface area contributed by atoms with Crippen LogP contribution in [0.2, 0.25) is 0 Å². The standard InChI is InChI=1S/C26H33N3O/c30-26(21-11-8-17-28(19-21)25-14-6-7-16-27-25)29-18-15-22(20-9-2-1-3-10-20)23-12-4-5-13-24(23)29/h1-3,6-7,9-10,14,16,21-24H,4-5,8,11-13,15,17-19H2/t21?,22-,23-,24-/m1/s1. The predicted octanol–water partition coefficient (Wildman–Crippen LogP) is 4.87. The first-order valence-corrected chi connectivity index (χ1v) is 11.8. The topological polar surface area (TPSA) is 36.4 Å². The lowest BCUT2D eigenvalue weighted by atomic mass is 9.69. The molecule has 4 heteroatoms. The fraction of sp³-hybridized carbons (Fsp3) is 0.538. The second-order valence-corrected chi connectivity index (χ2v) is 9.33. The summed E-state index contributed by atoms with van der Waals surface area (Å²) in [4.78, 5) is 22.8. The highest BCUT2D eigenvalue weighted by atomic mass is 16.2. The predicted molar refractivity (Wildman–Crippen MR) is 120 cm³/mol. The van der Waals surface area contributed by atoms with Crippen LogP contribution in [0, 0.1) is 11.8 Å². The zero-order valence-corrected chi connectivity index (χ0v) is 17.8. The Bertz CT molecular complexity index is 840. The number of hydrogen-bond acceptors (Lipinski definition) is 3. The lowest BCUT2D eigenvalue weighted by molar-refractivity contribution is -0.142. The van der Waals surface area contributed by atoms with Gasteiger partial charge in [0.1, 0.15) is 5.82 Å². The van der Waals surface area contributed by atoms with Crippen molar-refractivity contribution in [2.45, 2.75) is 56.9 Å². The fourth-order valence-electron chi connectivity index (χ4n) is 6.20. The molecule has 1 aromatic heterocycles. The number of hydrogen-bond donors (Lipinski definition) is 0. The number of pyridine rings is 1. The van der Waals surface area contributed by atoms with Crippen molar-refractivity contribution in [1.82, 2.24) is 9.88 Å². The first-order valence-electron chi connectivity index (χ1n) is 11.8. The maximum Gasteiger partial charge on any atom is 0.227 e. The van der Waals surface area contributed by atoms with E-state index in [1.54, 1.807) is 0 Å². The first kappa shape index (κ1) is 19.6. The van der Waals surface area contributed by atoms with E-state index in [0.717, 1.165) is 44.7 Å². The van der Waals surface area contributed by atoms with E-state index in [9.17, 15) is 4.79 Å². The van der Waals surface area contributed by atoms with E-state index in [-0.39, 0.29) is 5.92 Å². The maximum atomic E-state index is 13.7. The minimum Gasteiger partial charge on any atom is -0.356 e. The SMILES string of the molecule is O=C(C1CCCN(c2ccccn2)C1)N1CC[C@H](c2ccccc2)[C@H]2CCCC[C@H]21. The van der Waals surface area contributed by atoms with Gasteiger partial charge in [-0.25, -0.2) is 4.98 Å². The molecule has 158 valence electrons. The Labute approximate surface area is 180 Å². The van der Waals surface area contributed by atoms with E-state index < -0.39 is 0 Å². The molecule has 0 bridgehead atoms. The molecule has 2 aromatic rings. The van der Waals surface area contributed by atoms with Gasteiger partial charge in [-0.1, -0.05) is 49.2 Å².